The summed E-state index contributed by atoms with van der Waals surface area (Å²) >= 11 is 0. The molecule has 2 rings (SSSR count). The lowest BCUT2D eigenvalue weighted by Gasteiger charge is -2.01. The standard InChI is InChI=1S/C12H22N4O/c1-2-6-17-7-5-16-10-12(14-15-16)9-13-8-11-3-4-11/h10-11,13H,2-9H2,1H3. The molecule has 0 radical (unpaired) electrons. The average molecular weight is 238 g/mol. The summed E-state index contributed by atoms with van der Waals surface area (Å²) in [5.41, 5.74) is 1.01. The lowest BCUT2D eigenvalue weighted by Crippen LogP contribution is -2.16. The predicted molar refractivity (Wildman–Crippen MR) is 65.6 cm³/mol. The number of hydrogen-bond acceptors (Lipinski definition) is 4. The fraction of sp³-hybridized carbons (Fsp3) is 0.833. The van der Waals surface area contributed by atoms with Gasteiger partial charge in [0.2, 0.25) is 0 Å². The highest BCUT2D eigenvalue weighted by molar-refractivity contribution is 4.92. The predicted octanol–water partition coefficient (Wildman–Crippen LogP) is 1.20. The molecule has 0 amide bonds. The van der Waals surface area contributed by atoms with E-state index in [2.05, 4.69) is 22.6 Å². The van der Waals surface area contributed by atoms with E-state index in [0.717, 1.165) is 44.3 Å². The van der Waals surface area contributed by atoms with Gasteiger partial charge < -0.3 is 10.1 Å². The molecular formula is C12H22N4O. The van der Waals surface area contributed by atoms with Gasteiger partial charge in [0.15, 0.2) is 0 Å². The topological polar surface area (TPSA) is 52.0 Å². The fourth-order valence-electron chi connectivity index (χ4n) is 1.66. The van der Waals surface area contributed by atoms with Crippen LogP contribution in [0, 0.1) is 5.92 Å². The molecule has 0 unspecified atom stereocenters. The SMILES string of the molecule is CCCOCCn1cc(CNCC2CC2)nn1. The fourth-order valence-corrected chi connectivity index (χ4v) is 1.66. The molecule has 5 nitrogen and oxygen atoms in total. The Morgan fingerprint density at radius 3 is 3.12 bits per heavy atom. The number of nitrogens with one attached hydrogen (secondary N) is 1. The maximum absolute atomic E-state index is 5.41. The summed E-state index contributed by atoms with van der Waals surface area (Å²) in [4.78, 5) is 0. The third kappa shape index (κ3) is 4.83. The number of hydrogen-bond donors (Lipinski definition) is 1. The third-order valence-corrected chi connectivity index (χ3v) is 2.84. The van der Waals surface area contributed by atoms with Crippen molar-refractivity contribution in [1.29, 1.82) is 0 Å². The first-order chi connectivity index (χ1) is 8.38. The molecule has 0 atom stereocenters. The zero-order chi connectivity index (χ0) is 11.9. The van der Waals surface area contributed by atoms with Gasteiger partial charge >= 0.3 is 0 Å². The molecule has 96 valence electrons. The number of ether oxygens (including phenoxy) is 1. The Morgan fingerprint density at radius 2 is 2.35 bits per heavy atom. The van der Waals surface area contributed by atoms with Crippen LogP contribution in [0.2, 0.25) is 0 Å². The molecular weight excluding hydrogens is 216 g/mol. The molecule has 1 aliphatic rings. The molecule has 1 N–H and O–H groups in total. The number of rotatable bonds is 9. The quantitative estimate of drug-likeness (QED) is 0.657. The molecule has 0 saturated heterocycles. The van der Waals surface area contributed by atoms with Gasteiger partial charge in [-0.2, -0.15) is 0 Å². The molecule has 0 aliphatic heterocycles. The summed E-state index contributed by atoms with van der Waals surface area (Å²) in [6.07, 6.45) is 5.83. The Bertz CT molecular complexity index is 322. The van der Waals surface area contributed by atoms with Gasteiger partial charge in [-0.1, -0.05) is 12.1 Å². The largest absolute Gasteiger partial charge is 0.380 e. The van der Waals surface area contributed by atoms with Crippen LogP contribution in [0.15, 0.2) is 6.20 Å². The van der Waals surface area contributed by atoms with Crippen LogP contribution in [0.1, 0.15) is 31.9 Å². The Morgan fingerprint density at radius 1 is 1.47 bits per heavy atom. The number of aromatic nitrogens is 3. The lowest BCUT2D eigenvalue weighted by molar-refractivity contribution is 0.124. The molecule has 1 saturated carbocycles. The third-order valence-electron chi connectivity index (χ3n) is 2.84. The van der Waals surface area contributed by atoms with Gasteiger partial charge in [0.25, 0.3) is 0 Å². The van der Waals surface area contributed by atoms with Crippen LogP contribution in [-0.4, -0.2) is 34.8 Å². The van der Waals surface area contributed by atoms with Crippen molar-refractivity contribution in [3.63, 3.8) is 0 Å². The van der Waals surface area contributed by atoms with Crippen LogP contribution >= 0.6 is 0 Å². The summed E-state index contributed by atoms with van der Waals surface area (Å²) in [5, 5.41) is 11.6. The minimum atomic E-state index is 0.714. The normalized spacial score (nSPS) is 15.4. The van der Waals surface area contributed by atoms with Crippen LogP contribution in [-0.2, 0) is 17.8 Å². The van der Waals surface area contributed by atoms with Crippen LogP contribution in [0.25, 0.3) is 0 Å². The monoisotopic (exact) mass is 238 g/mol. The van der Waals surface area contributed by atoms with E-state index >= 15 is 0 Å². The van der Waals surface area contributed by atoms with E-state index in [1.807, 2.05) is 10.9 Å². The van der Waals surface area contributed by atoms with Crippen molar-refractivity contribution in [2.45, 2.75) is 39.3 Å². The number of nitrogens with zero attached hydrogens (tertiary/aromatic N) is 3. The van der Waals surface area contributed by atoms with E-state index in [1.165, 1.54) is 12.8 Å². The molecule has 5 heteroatoms. The average Bonchev–Trinajstić information content (AvgIpc) is 3.04. The second kappa shape index (κ2) is 6.71. The van der Waals surface area contributed by atoms with E-state index in [4.69, 9.17) is 4.74 Å². The van der Waals surface area contributed by atoms with E-state index in [1.54, 1.807) is 0 Å². The van der Waals surface area contributed by atoms with Crippen molar-refractivity contribution in [3.05, 3.63) is 11.9 Å². The van der Waals surface area contributed by atoms with Crippen molar-refractivity contribution in [2.75, 3.05) is 19.8 Å². The molecule has 0 bridgehead atoms. The zero-order valence-electron chi connectivity index (χ0n) is 10.6. The molecule has 1 aromatic heterocycles. The molecule has 0 aromatic carbocycles. The van der Waals surface area contributed by atoms with Crippen molar-refractivity contribution in [2.24, 2.45) is 5.92 Å². The van der Waals surface area contributed by atoms with Crippen molar-refractivity contribution in [3.8, 4) is 0 Å². The second-order valence-corrected chi connectivity index (χ2v) is 4.66. The van der Waals surface area contributed by atoms with Crippen LogP contribution in [0.4, 0.5) is 0 Å². The maximum atomic E-state index is 5.41. The molecule has 0 spiro atoms. The second-order valence-electron chi connectivity index (χ2n) is 4.66. The van der Waals surface area contributed by atoms with Gasteiger partial charge in [0, 0.05) is 19.3 Å². The summed E-state index contributed by atoms with van der Waals surface area (Å²) in [5.74, 6) is 0.910. The Hall–Kier alpha value is -0.940. The first kappa shape index (κ1) is 12.5. The Kier molecular flexibility index (Phi) is 4.94. The molecule has 1 fully saturated rings. The molecule has 1 heterocycles. The van der Waals surface area contributed by atoms with Gasteiger partial charge in [-0.25, -0.2) is 4.68 Å². The van der Waals surface area contributed by atoms with Crippen molar-refractivity contribution < 1.29 is 4.74 Å². The highest BCUT2D eigenvalue weighted by Crippen LogP contribution is 2.27. The summed E-state index contributed by atoms with van der Waals surface area (Å²) in [7, 11) is 0. The van der Waals surface area contributed by atoms with E-state index < -0.39 is 0 Å². The Balaban J connectivity index is 1.60. The first-order valence-electron chi connectivity index (χ1n) is 6.56. The minimum absolute atomic E-state index is 0.714. The van der Waals surface area contributed by atoms with E-state index in [9.17, 15) is 0 Å². The maximum Gasteiger partial charge on any atom is 0.0964 e. The van der Waals surface area contributed by atoms with Gasteiger partial charge in [-0.3, -0.25) is 0 Å². The smallest absolute Gasteiger partial charge is 0.0964 e. The highest BCUT2D eigenvalue weighted by atomic mass is 16.5. The summed E-state index contributed by atoms with van der Waals surface area (Å²) < 4.78 is 7.26. The van der Waals surface area contributed by atoms with Crippen molar-refractivity contribution >= 4 is 0 Å². The first-order valence-corrected chi connectivity index (χ1v) is 6.56. The van der Waals surface area contributed by atoms with Gasteiger partial charge in [-0.15, -0.1) is 5.10 Å². The van der Waals surface area contributed by atoms with Crippen molar-refractivity contribution in [1.82, 2.24) is 20.3 Å². The minimum Gasteiger partial charge on any atom is -0.380 e. The lowest BCUT2D eigenvalue weighted by atomic mass is 10.4. The molecule has 1 aliphatic carbocycles. The van der Waals surface area contributed by atoms with Crippen LogP contribution in [0.3, 0.4) is 0 Å². The van der Waals surface area contributed by atoms with Gasteiger partial charge in [0.1, 0.15) is 0 Å². The zero-order valence-corrected chi connectivity index (χ0v) is 10.6. The van der Waals surface area contributed by atoms with E-state index in [-0.39, 0.29) is 0 Å². The summed E-state index contributed by atoms with van der Waals surface area (Å²) in [6.45, 7) is 6.38. The van der Waals surface area contributed by atoms with Gasteiger partial charge in [-0.05, 0) is 31.7 Å². The van der Waals surface area contributed by atoms with Crippen LogP contribution in [0.5, 0.6) is 0 Å². The van der Waals surface area contributed by atoms with Crippen LogP contribution < -0.4 is 5.32 Å². The molecule has 17 heavy (non-hydrogen) atoms. The highest BCUT2D eigenvalue weighted by Gasteiger charge is 2.20. The summed E-state index contributed by atoms with van der Waals surface area (Å²) in [6, 6.07) is 0. The molecule has 1 aromatic rings. The van der Waals surface area contributed by atoms with E-state index in [0.29, 0.717) is 6.61 Å². The van der Waals surface area contributed by atoms with Gasteiger partial charge in [0.05, 0.1) is 18.8 Å². The Labute approximate surface area is 103 Å².